The summed E-state index contributed by atoms with van der Waals surface area (Å²) < 4.78 is 5.27. The molecule has 0 bridgehead atoms. The minimum Gasteiger partial charge on any atom is -0.394 e. The predicted octanol–water partition coefficient (Wildman–Crippen LogP) is -0.547. The number of rotatable bonds is 4. The van der Waals surface area contributed by atoms with Crippen LogP contribution < -0.4 is 0 Å². The van der Waals surface area contributed by atoms with Crippen LogP contribution in [0.4, 0.5) is 0 Å². The lowest BCUT2D eigenvalue weighted by Crippen LogP contribution is -2.63. The fraction of sp³-hybridized carbons (Fsp3) is 0.400. The van der Waals surface area contributed by atoms with Gasteiger partial charge in [-0.25, -0.2) is 0 Å². The van der Waals surface area contributed by atoms with Crippen LogP contribution in [0.2, 0.25) is 5.02 Å². The summed E-state index contributed by atoms with van der Waals surface area (Å²) in [6.45, 7) is 1.10. The van der Waals surface area contributed by atoms with Crippen molar-refractivity contribution >= 4 is 11.6 Å². The van der Waals surface area contributed by atoms with Crippen molar-refractivity contribution in [2.75, 3.05) is 6.61 Å². The molecule has 7 N–H and O–H groups in total. The van der Waals surface area contributed by atoms with E-state index in [9.17, 15) is 35.7 Å². The molecular formula is C20H23ClO8. The number of benzene rings is 2. The Hall–Kier alpha value is -1.59. The van der Waals surface area contributed by atoms with Crippen molar-refractivity contribution in [1.29, 1.82) is 0 Å². The lowest BCUT2D eigenvalue weighted by molar-refractivity contribution is -0.357. The van der Waals surface area contributed by atoms with E-state index < -0.39 is 42.6 Å². The van der Waals surface area contributed by atoms with Gasteiger partial charge >= 0.3 is 0 Å². The molecule has 0 aromatic heterocycles. The van der Waals surface area contributed by atoms with E-state index >= 15 is 0 Å². The number of aliphatic hydroxyl groups is 7. The summed E-state index contributed by atoms with van der Waals surface area (Å²) in [6, 6.07) is 10.0. The van der Waals surface area contributed by atoms with Gasteiger partial charge in [0.05, 0.1) is 6.61 Å². The van der Waals surface area contributed by atoms with Gasteiger partial charge in [-0.1, -0.05) is 47.5 Å². The van der Waals surface area contributed by atoms with E-state index in [1.165, 1.54) is 24.3 Å². The maximum absolute atomic E-state index is 10.9. The highest BCUT2D eigenvalue weighted by molar-refractivity contribution is 6.31. The van der Waals surface area contributed by atoms with Gasteiger partial charge in [0.2, 0.25) is 11.6 Å². The third-order valence-electron chi connectivity index (χ3n) is 5.18. The zero-order valence-corrected chi connectivity index (χ0v) is 16.2. The maximum Gasteiger partial charge on any atom is 0.222 e. The average molecular weight is 427 g/mol. The molecular weight excluding hydrogens is 404 g/mol. The molecule has 2 aromatic carbocycles. The zero-order chi connectivity index (χ0) is 21.6. The molecule has 0 aliphatic carbocycles. The summed E-state index contributed by atoms with van der Waals surface area (Å²) in [6.07, 6.45) is -6.83. The number of halogens is 1. The quantitative estimate of drug-likeness (QED) is 0.322. The fourth-order valence-corrected chi connectivity index (χ4v) is 3.60. The lowest BCUT2D eigenvalue weighted by atomic mass is 9.86. The minimum atomic E-state index is -2.55. The van der Waals surface area contributed by atoms with Gasteiger partial charge in [0, 0.05) is 21.7 Å². The SMILES string of the molecule is Cc1ccc(C(O)(O)c2cc(C3(O)OC(CO)C(O)C(O)C3O)ccc2Cl)cc1. The summed E-state index contributed by atoms with van der Waals surface area (Å²) >= 11 is 6.16. The number of aliphatic hydroxyl groups excluding tert-OH is 4. The first-order valence-corrected chi connectivity index (χ1v) is 9.27. The van der Waals surface area contributed by atoms with Crippen molar-refractivity contribution < 1.29 is 40.5 Å². The van der Waals surface area contributed by atoms with Gasteiger partial charge < -0.3 is 40.5 Å². The van der Waals surface area contributed by atoms with Crippen LogP contribution in [0, 0.1) is 6.92 Å². The Labute approximate surface area is 171 Å². The highest BCUT2D eigenvalue weighted by atomic mass is 35.5. The van der Waals surface area contributed by atoms with E-state index in [1.54, 1.807) is 12.1 Å². The third kappa shape index (κ3) is 3.79. The van der Waals surface area contributed by atoms with Crippen molar-refractivity contribution in [1.82, 2.24) is 0 Å². The van der Waals surface area contributed by atoms with Crippen LogP contribution >= 0.6 is 11.6 Å². The van der Waals surface area contributed by atoms with E-state index in [0.717, 1.165) is 11.6 Å². The molecule has 0 amide bonds. The molecule has 9 heteroatoms. The van der Waals surface area contributed by atoms with Gasteiger partial charge in [-0.05, 0) is 19.1 Å². The second-order valence-electron chi connectivity index (χ2n) is 7.19. The Kier molecular flexibility index (Phi) is 6.03. The van der Waals surface area contributed by atoms with Crippen molar-refractivity contribution in [2.24, 2.45) is 0 Å². The Balaban J connectivity index is 2.07. The molecule has 2 aromatic rings. The number of ether oxygens (including phenoxy) is 1. The lowest BCUT2D eigenvalue weighted by Gasteiger charge is -2.45. The Morgan fingerprint density at radius 2 is 1.66 bits per heavy atom. The first kappa shape index (κ1) is 22.1. The second kappa shape index (κ2) is 7.92. The molecule has 1 fully saturated rings. The number of hydrogen-bond acceptors (Lipinski definition) is 8. The van der Waals surface area contributed by atoms with Crippen molar-refractivity contribution in [3.63, 3.8) is 0 Å². The van der Waals surface area contributed by atoms with Crippen molar-refractivity contribution in [3.8, 4) is 0 Å². The van der Waals surface area contributed by atoms with E-state index in [1.807, 2.05) is 6.92 Å². The first-order valence-electron chi connectivity index (χ1n) is 8.90. The Morgan fingerprint density at radius 1 is 1.03 bits per heavy atom. The Bertz CT molecular complexity index is 869. The van der Waals surface area contributed by atoms with Crippen LogP contribution in [-0.4, -0.2) is 66.8 Å². The van der Waals surface area contributed by atoms with E-state index in [0.29, 0.717) is 0 Å². The summed E-state index contributed by atoms with van der Waals surface area (Å²) in [5.74, 6) is -5.08. The minimum absolute atomic E-state index is 0.0347. The standard InChI is InChI=1S/C20H23ClO8/c1-10-2-4-11(5-3-10)19(26,27)13-8-12(6-7-14(13)21)20(28)18(25)17(24)16(23)15(9-22)29-20/h2-8,15-18,22-28H,9H2,1H3. The van der Waals surface area contributed by atoms with Gasteiger partial charge in [-0.3, -0.25) is 0 Å². The molecule has 5 unspecified atom stereocenters. The molecule has 0 saturated carbocycles. The van der Waals surface area contributed by atoms with E-state index in [-0.39, 0.29) is 21.7 Å². The van der Waals surface area contributed by atoms with Gasteiger partial charge in [0.25, 0.3) is 0 Å². The molecule has 1 aliphatic rings. The molecule has 8 nitrogen and oxygen atoms in total. The summed E-state index contributed by atoms with van der Waals surface area (Å²) in [5.41, 5.74) is 0.655. The topological polar surface area (TPSA) is 151 Å². The molecule has 0 radical (unpaired) electrons. The maximum atomic E-state index is 10.9. The summed E-state index contributed by atoms with van der Waals surface area (Å²) in [4.78, 5) is 0. The summed E-state index contributed by atoms with van der Waals surface area (Å²) in [5, 5.41) is 72.0. The largest absolute Gasteiger partial charge is 0.394 e. The van der Waals surface area contributed by atoms with E-state index in [4.69, 9.17) is 16.3 Å². The number of aryl methyl sites for hydroxylation is 1. The zero-order valence-electron chi connectivity index (χ0n) is 15.5. The van der Waals surface area contributed by atoms with Crippen LogP contribution in [-0.2, 0) is 16.3 Å². The van der Waals surface area contributed by atoms with Crippen LogP contribution in [0.25, 0.3) is 0 Å². The van der Waals surface area contributed by atoms with Crippen LogP contribution in [0.5, 0.6) is 0 Å². The van der Waals surface area contributed by atoms with Gasteiger partial charge in [0.1, 0.15) is 24.4 Å². The molecule has 158 valence electrons. The average Bonchev–Trinajstić information content (AvgIpc) is 2.69. The molecule has 1 aliphatic heterocycles. The molecule has 5 atom stereocenters. The predicted molar refractivity (Wildman–Crippen MR) is 102 cm³/mol. The van der Waals surface area contributed by atoms with Crippen molar-refractivity contribution in [2.45, 2.75) is 42.9 Å². The first-order chi connectivity index (χ1) is 13.5. The van der Waals surface area contributed by atoms with Crippen LogP contribution in [0.15, 0.2) is 42.5 Å². The smallest absolute Gasteiger partial charge is 0.222 e. The molecule has 3 rings (SSSR count). The highest BCUT2D eigenvalue weighted by Gasteiger charge is 2.54. The van der Waals surface area contributed by atoms with Gasteiger partial charge in [0.15, 0.2) is 0 Å². The second-order valence-corrected chi connectivity index (χ2v) is 7.60. The number of hydrogen-bond donors (Lipinski definition) is 7. The van der Waals surface area contributed by atoms with Crippen molar-refractivity contribution in [3.05, 3.63) is 69.7 Å². The fourth-order valence-electron chi connectivity index (χ4n) is 3.35. The van der Waals surface area contributed by atoms with Gasteiger partial charge in [-0.2, -0.15) is 0 Å². The monoisotopic (exact) mass is 426 g/mol. The molecule has 1 heterocycles. The van der Waals surface area contributed by atoms with E-state index in [2.05, 4.69) is 0 Å². The molecule has 29 heavy (non-hydrogen) atoms. The third-order valence-corrected chi connectivity index (χ3v) is 5.51. The van der Waals surface area contributed by atoms with Crippen LogP contribution in [0.3, 0.4) is 0 Å². The molecule has 1 saturated heterocycles. The van der Waals surface area contributed by atoms with Crippen LogP contribution in [0.1, 0.15) is 22.3 Å². The normalized spacial score (nSPS) is 30.4. The molecule has 0 spiro atoms. The van der Waals surface area contributed by atoms with Gasteiger partial charge in [-0.15, -0.1) is 0 Å². The highest BCUT2D eigenvalue weighted by Crippen LogP contribution is 2.40. The summed E-state index contributed by atoms with van der Waals surface area (Å²) in [7, 11) is 0. The Morgan fingerprint density at radius 3 is 2.24 bits per heavy atom.